The van der Waals surface area contributed by atoms with E-state index in [-0.39, 0.29) is 6.10 Å². The van der Waals surface area contributed by atoms with Gasteiger partial charge in [-0.2, -0.15) is 0 Å². The third-order valence-electron chi connectivity index (χ3n) is 3.76. The molecule has 0 aromatic heterocycles. The Labute approximate surface area is 99.3 Å². The molecule has 1 N–H and O–H groups in total. The van der Waals surface area contributed by atoms with Gasteiger partial charge in [0, 0.05) is 6.42 Å². The highest BCUT2D eigenvalue weighted by atomic mass is 16.3. The third kappa shape index (κ3) is 1.12. The van der Waals surface area contributed by atoms with Crippen molar-refractivity contribution in [3.05, 3.63) is 59.7 Å². The third-order valence-corrected chi connectivity index (χ3v) is 3.76. The molecule has 1 aliphatic carbocycles. The first kappa shape index (κ1) is 9.20. The van der Waals surface area contributed by atoms with E-state index in [4.69, 9.17) is 0 Å². The second kappa shape index (κ2) is 3.08. The molecule has 0 heterocycles. The summed E-state index contributed by atoms with van der Waals surface area (Å²) >= 11 is 0. The largest absolute Gasteiger partial charge is 0.388 e. The van der Waals surface area contributed by atoms with Gasteiger partial charge >= 0.3 is 0 Å². The molecule has 0 amide bonds. The molecule has 0 radical (unpaired) electrons. The number of hydrogen-bond donors (Lipinski definition) is 1. The van der Waals surface area contributed by atoms with Crippen LogP contribution in [0, 0.1) is 0 Å². The van der Waals surface area contributed by atoms with Crippen molar-refractivity contribution < 1.29 is 5.11 Å². The van der Waals surface area contributed by atoms with Crippen molar-refractivity contribution in [3.8, 4) is 0 Å². The van der Waals surface area contributed by atoms with Gasteiger partial charge in [0.2, 0.25) is 0 Å². The van der Waals surface area contributed by atoms with Crippen LogP contribution in [-0.2, 0) is 6.42 Å². The van der Waals surface area contributed by atoms with E-state index < -0.39 is 0 Å². The lowest BCUT2D eigenvalue weighted by Gasteiger charge is -2.09. The topological polar surface area (TPSA) is 20.2 Å². The molecule has 0 saturated heterocycles. The van der Waals surface area contributed by atoms with Crippen molar-refractivity contribution >= 4 is 21.5 Å². The van der Waals surface area contributed by atoms with Crippen LogP contribution in [-0.4, -0.2) is 5.11 Å². The lowest BCUT2D eigenvalue weighted by Crippen LogP contribution is -1.93. The fourth-order valence-electron chi connectivity index (χ4n) is 3.07. The Balaban J connectivity index is 2.32. The Morgan fingerprint density at radius 1 is 0.941 bits per heavy atom. The molecule has 17 heavy (non-hydrogen) atoms. The maximum atomic E-state index is 10.3. The van der Waals surface area contributed by atoms with Gasteiger partial charge in [0.25, 0.3) is 0 Å². The molecule has 0 saturated carbocycles. The summed E-state index contributed by atoms with van der Waals surface area (Å²) < 4.78 is 0. The number of rotatable bonds is 0. The second-order valence-electron chi connectivity index (χ2n) is 4.75. The summed E-state index contributed by atoms with van der Waals surface area (Å²) in [5.74, 6) is 0. The Morgan fingerprint density at radius 3 is 2.71 bits per heavy atom. The molecule has 4 rings (SSSR count). The molecular weight excluding hydrogens is 208 g/mol. The highest BCUT2D eigenvalue weighted by Crippen LogP contribution is 2.41. The second-order valence-corrected chi connectivity index (χ2v) is 4.75. The molecule has 3 aromatic carbocycles. The van der Waals surface area contributed by atoms with E-state index in [2.05, 4.69) is 36.4 Å². The quantitative estimate of drug-likeness (QED) is 0.574. The Morgan fingerprint density at radius 2 is 1.76 bits per heavy atom. The average Bonchev–Trinajstić information content (AvgIpc) is 2.69. The number of benzene rings is 3. The van der Waals surface area contributed by atoms with Gasteiger partial charge in [-0.15, -0.1) is 0 Å². The minimum atomic E-state index is -0.346. The zero-order valence-corrected chi connectivity index (χ0v) is 9.35. The molecule has 1 heteroatoms. The van der Waals surface area contributed by atoms with Crippen molar-refractivity contribution in [3.63, 3.8) is 0 Å². The van der Waals surface area contributed by atoms with Crippen molar-refractivity contribution in [1.29, 1.82) is 0 Å². The minimum absolute atomic E-state index is 0.346. The SMILES string of the molecule is OC1Cc2cccc3cc4ccccc4c1c23. The van der Waals surface area contributed by atoms with E-state index in [9.17, 15) is 5.11 Å². The lowest BCUT2D eigenvalue weighted by molar-refractivity contribution is 0.187. The van der Waals surface area contributed by atoms with Crippen LogP contribution in [0.3, 0.4) is 0 Å². The zero-order chi connectivity index (χ0) is 11.4. The predicted molar refractivity (Wildman–Crippen MR) is 70.1 cm³/mol. The van der Waals surface area contributed by atoms with E-state index >= 15 is 0 Å². The molecule has 82 valence electrons. The maximum absolute atomic E-state index is 10.3. The van der Waals surface area contributed by atoms with Crippen LogP contribution in [0.5, 0.6) is 0 Å². The van der Waals surface area contributed by atoms with E-state index in [0.717, 1.165) is 12.0 Å². The minimum Gasteiger partial charge on any atom is -0.388 e. The molecule has 3 aromatic rings. The first-order valence-corrected chi connectivity index (χ1v) is 5.96. The van der Waals surface area contributed by atoms with Crippen LogP contribution in [0.4, 0.5) is 0 Å². The van der Waals surface area contributed by atoms with Crippen LogP contribution < -0.4 is 0 Å². The molecular formula is C16H12O. The Hall–Kier alpha value is -1.86. The molecule has 0 fully saturated rings. The van der Waals surface area contributed by atoms with E-state index in [1.165, 1.54) is 27.1 Å². The van der Waals surface area contributed by atoms with E-state index in [1.807, 2.05) is 12.1 Å². The monoisotopic (exact) mass is 220 g/mol. The maximum Gasteiger partial charge on any atom is 0.0842 e. The van der Waals surface area contributed by atoms with E-state index in [0.29, 0.717) is 0 Å². The number of fused-ring (bicyclic) bond motifs is 2. The fraction of sp³-hybridized carbons (Fsp3) is 0.125. The number of aliphatic hydroxyl groups is 1. The molecule has 1 nitrogen and oxygen atoms in total. The Bertz CT molecular complexity index is 743. The first-order chi connectivity index (χ1) is 8.34. The fourth-order valence-corrected chi connectivity index (χ4v) is 3.07. The smallest absolute Gasteiger partial charge is 0.0842 e. The summed E-state index contributed by atoms with van der Waals surface area (Å²) in [4.78, 5) is 0. The van der Waals surface area contributed by atoms with Gasteiger partial charge < -0.3 is 5.11 Å². The number of aliphatic hydroxyl groups excluding tert-OH is 1. The summed E-state index contributed by atoms with van der Waals surface area (Å²) in [7, 11) is 0. The van der Waals surface area contributed by atoms with Gasteiger partial charge in [-0.1, -0.05) is 42.5 Å². The van der Waals surface area contributed by atoms with Crippen molar-refractivity contribution in [2.45, 2.75) is 12.5 Å². The standard InChI is InChI=1S/C16H12O/c17-14-9-12-6-3-5-11-8-10-4-1-2-7-13(10)16(14)15(11)12/h1-8,14,17H,9H2. The Kier molecular flexibility index (Phi) is 1.67. The average molecular weight is 220 g/mol. The highest BCUT2D eigenvalue weighted by Gasteiger charge is 2.24. The number of hydrogen-bond acceptors (Lipinski definition) is 1. The van der Waals surface area contributed by atoms with Gasteiger partial charge in [-0.3, -0.25) is 0 Å². The van der Waals surface area contributed by atoms with Gasteiger partial charge in [0.1, 0.15) is 0 Å². The van der Waals surface area contributed by atoms with Crippen molar-refractivity contribution in [2.75, 3.05) is 0 Å². The van der Waals surface area contributed by atoms with Gasteiger partial charge in [0.15, 0.2) is 0 Å². The van der Waals surface area contributed by atoms with E-state index in [1.54, 1.807) is 0 Å². The van der Waals surface area contributed by atoms with Gasteiger partial charge in [0.05, 0.1) is 6.10 Å². The van der Waals surface area contributed by atoms with Crippen molar-refractivity contribution in [2.24, 2.45) is 0 Å². The molecule has 0 bridgehead atoms. The molecule has 1 aliphatic rings. The van der Waals surface area contributed by atoms with Crippen molar-refractivity contribution in [1.82, 2.24) is 0 Å². The normalized spacial score (nSPS) is 18.1. The summed E-state index contributed by atoms with van der Waals surface area (Å²) in [5.41, 5.74) is 2.39. The summed E-state index contributed by atoms with van der Waals surface area (Å²) in [5, 5.41) is 15.2. The zero-order valence-electron chi connectivity index (χ0n) is 9.35. The van der Waals surface area contributed by atoms with Crippen LogP contribution in [0.2, 0.25) is 0 Å². The molecule has 0 aliphatic heterocycles. The van der Waals surface area contributed by atoms with Gasteiger partial charge in [-0.05, 0) is 38.7 Å². The molecule has 1 unspecified atom stereocenters. The summed E-state index contributed by atoms with van der Waals surface area (Å²) in [6, 6.07) is 16.9. The van der Waals surface area contributed by atoms with Crippen LogP contribution in [0.1, 0.15) is 17.2 Å². The predicted octanol–water partition coefficient (Wildman–Crippen LogP) is 3.58. The summed E-state index contributed by atoms with van der Waals surface area (Å²) in [6.07, 6.45) is 0.404. The molecule has 0 spiro atoms. The van der Waals surface area contributed by atoms with Crippen LogP contribution in [0.15, 0.2) is 48.5 Å². The highest BCUT2D eigenvalue weighted by molar-refractivity contribution is 6.05. The van der Waals surface area contributed by atoms with Crippen LogP contribution >= 0.6 is 0 Å². The first-order valence-electron chi connectivity index (χ1n) is 5.96. The molecule has 1 atom stereocenters. The van der Waals surface area contributed by atoms with Gasteiger partial charge in [-0.25, -0.2) is 0 Å². The lowest BCUT2D eigenvalue weighted by atomic mass is 9.97. The van der Waals surface area contributed by atoms with Crippen LogP contribution in [0.25, 0.3) is 21.5 Å². The summed E-state index contributed by atoms with van der Waals surface area (Å²) in [6.45, 7) is 0.